The number of para-hydroxylation sites is 1. The highest BCUT2D eigenvalue weighted by atomic mass is 16.5. The number of rotatable bonds is 3. The maximum atomic E-state index is 9.53. The first-order valence-corrected chi connectivity index (χ1v) is 4.75. The summed E-state index contributed by atoms with van der Waals surface area (Å²) in [4.78, 5) is 0. The van der Waals surface area contributed by atoms with Crippen molar-refractivity contribution in [2.24, 2.45) is 0 Å². The molecule has 2 rings (SSSR count). The Kier molecular flexibility index (Phi) is 2.66. The van der Waals surface area contributed by atoms with Gasteiger partial charge in [0, 0.05) is 7.11 Å². The largest absolute Gasteiger partial charge is 0.389 e. The summed E-state index contributed by atoms with van der Waals surface area (Å²) < 4.78 is 6.76. The number of methoxy groups -OCH3 is 1. The van der Waals surface area contributed by atoms with Gasteiger partial charge in [-0.25, -0.2) is 4.68 Å². The molecule has 0 aliphatic heterocycles. The summed E-state index contributed by atoms with van der Waals surface area (Å²) in [6, 6.07) is 7.56. The van der Waals surface area contributed by atoms with E-state index in [-0.39, 0.29) is 0 Å². The summed E-state index contributed by atoms with van der Waals surface area (Å²) in [5.74, 6) is 0. The number of fused-ring (bicyclic) bond motifs is 1. The smallest absolute Gasteiger partial charge is 0.177 e. The molecule has 15 heavy (non-hydrogen) atoms. The van der Waals surface area contributed by atoms with Crippen LogP contribution < -0.4 is 0 Å². The zero-order chi connectivity index (χ0) is 10.8. The van der Waals surface area contributed by atoms with Gasteiger partial charge in [-0.2, -0.15) is 0 Å². The quantitative estimate of drug-likeness (QED) is 0.814. The number of aromatic nitrogens is 3. The predicted molar refractivity (Wildman–Crippen MR) is 55.3 cm³/mol. The van der Waals surface area contributed by atoms with E-state index in [1.54, 1.807) is 11.6 Å². The van der Waals surface area contributed by atoms with Gasteiger partial charge in [-0.1, -0.05) is 17.3 Å². The van der Waals surface area contributed by atoms with E-state index in [1.165, 1.54) is 7.11 Å². The second-order valence-electron chi connectivity index (χ2n) is 3.39. The second kappa shape index (κ2) is 3.96. The van der Waals surface area contributed by atoms with Crippen LogP contribution in [0.5, 0.6) is 0 Å². The lowest BCUT2D eigenvalue weighted by Gasteiger charge is -2.18. The number of nitrogens with zero attached hydrogens (tertiary/aromatic N) is 3. The number of hydrogen-bond acceptors (Lipinski definition) is 4. The Morgan fingerprint density at radius 3 is 2.80 bits per heavy atom. The molecule has 5 nitrogen and oxygen atoms in total. The van der Waals surface area contributed by atoms with Gasteiger partial charge in [0.1, 0.15) is 5.52 Å². The predicted octanol–water partition coefficient (Wildman–Crippen LogP) is 0.957. The molecule has 1 heterocycles. The summed E-state index contributed by atoms with van der Waals surface area (Å²) in [6.45, 7) is 1.66. The van der Waals surface area contributed by atoms with Gasteiger partial charge >= 0.3 is 0 Å². The molecular weight excluding hydrogens is 194 g/mol. The van der Waals surface area contributed by atoms with Crippen LogP contribution in [0.3, 0.4) is 0 Å². The highest BCUT2D eigenvalue weighted by Crippen LogP contribution is 2.18. The first-order valence-electron chi connectivity index (χ1n) is 4.75. The van der Waals surface area contributed by atoms with E-state index in [0.29, 0.717) is 0 Å². The number of hydrogen-bond donors (Lipinski definition) is 1. The van der Waals surface area contributed by atoms with E-state index >= 15 is 0 Å². The number of benzene rings is 1. The van der Waals surface area contributed by atoms with Crippen LogP contribution in [0, 0.1) is 0 Å². The molecule has 0 aliphatic rings. The molecule has 0 radical (unpaired) electrons. The summed E-state index contributed by atoms with van der Waals surface area (Å²) in [7, 11) is 1.54. The van der Waals surface area contributed by atoms with Crippen LogP contribution in [0.15, 0.2) is 24.3 Å². The fourth-order valence-electron chi connectivity index (χ4n) is 1.58. The molecule has 0 bridgehead atoms. The molecule has 2 unspecified atom stereocenters. The summed E-state index contributed by atoms with van der Waals surface area (Å²) in [6.07, 6.45) is -1.14. The highest BCUT2D eigenvalue weighted by Gasteiger charge is 2.19. The second-order valence-corrected chi connectivity index (χ2v) is 3.39. The molecule has 1 aromatic heterocycles. The first-order chi connectivity index (χ1) is 7.24. The van der Waals surface area contributed by atoms with Crippen LogP contribution in [-0.2, 0) is 4.74 Å². The topological polar surface area (TPSA) is 60.2 Å². The van der Waals surface area contributed by atoms with E-state index in [4.69, 9.17) is 4.74 Å². The first kappa shape index (κ1) is 10.1. The van der Waals surface area contributed by atoms with Crippen molar-refractivity contribution in [1.29, 1.82) is 0 Å². The van der Waals surface area contributed by atoms with Crippen LogP contribution in [0.4, 0.5) is 0 Å². The molecule has 0 saturated heterocycles. The molecule has 2 atom stereocenters. The Hall–Kier alpha value is -1.46. The van der Waals surface area contributed by atoms with Crippen molar-refractivity contribution >= 4 is 11.0 Å². The van der Waals surface area contributed by atoms with Gasteiger partial charge in [-0.15, -0.1) is 5.10 Å². The van der Waals surface area contributed by atoms with Crippen LogP contribution >= 0.6 is 0 Å². The minimum Gasteiger partial charge on any atom is -0.389 e. The van der Waals surface area contributed by atoms with Gasteiger partial charge in [0.05, 0.1) is 11.6 Å². The Labute approximate surface area is 87.3 Å². The standard InChI is InChI=1S/C10H13N3O2/c1-7(14)10(15-2)13-9-6-4-3-5-8(9)11-12-13/h3-7,10,14H,1-2H3. The molecule has 0 saturated carbocycles. The van der Waals surface area contributed by atoms with Gasteiger partial charge in [0.25, 0.3) is 0 Å². The Morgan fingerprint density at radius 2 is 2.13 bits per heavy atom. The van der Waals surface area contributed by atoms with Crippen molar-refractivity contribution < 1.29 is 9.84 Å². The summed E-state index contributed by atoms with van der Waals surface area (Å²) in [5.41, 5.74) is 1.64. The van der Waals surface area contributed by atoms with Gasteiger partial charge in [-0.3, -0.25) is 0 Å². The molecule has 0 amide bonds. The summed E-state index contributed by atoms with van der Waals surface area (Å²) in [5, 5.41) is 17.5. The number of ether oxygens (including phenoxy) is 1. The average molecular weight is 207 g/mol. The normalized spacial score (nSPS) is 15.4. The van der Waals surface area contributed by atoms with E-state index < -0.39 is 12.3 Å². The average Bonchev–Trinajstić information content (AvgIpc) is 2.63. The minimum atomic E-state index is -0.639. The van der Waals surface area contributed by atoms with Crippen molar-refractivity contribution in [2.45, 2.75) is 19.3 Å². The fraction of sp³-hybridized carbons (Fsp3) is 0.400. The van der Waals surface area contributed by atoms with Gasteiger partial charge in [-0.05, 0) is 19.1 Å². The van der Waals surface area contributed by atoms with Crippen molar-refractivity contribution in [3.63, 3.8) is 0 Å². The van der Waals surface area contributed by atoms with Crippen molar-refractivity contribution in [1.82, 2.24) is 15.0 Å². The molecule has 2 aromatic rings. The lowest BCUT2D eigenvalue weighted by Crippen LogP contribution is -2.24. The zero-order valence-corrected chi connectivity index (χ0v) is 8.66. The molecular formula is C10H13N3O2. The third-order valence-corrected chi connectivity index (χ3v) is 2.27. The minimum absolute atomic E-state index is 0.502. The number of aliphatic hydroxyl groups is 1. The lowest BCUT2D eigenvalue weighted by atomic mass is 10.3. The molecule has 5 heteroatoms. The third kappa shape index (κ3) is 1.71. The monoisotopic (exact) mass is 207 g/mol. The maximum absolute atomic E-state index is 9.53. The molecule has 1 N–H and O–H groups in total. The lowest BCUT2D eigenvalue weighted by molar-refractivity contribution is -0.0548. The van der Waals surface area contributed by atoms with E-state index in [1.807, 2.05) is 24.3 Å². The Bertz CT molecular complexity index is 453. The van der Waals surface area contributed by atoms with Crippen LogP contribution in [0.2, 0.25) is 0 Å². The third-order valence-electron chi connectivity index (χ3n) is 2.27. The molecule has 1 aromatic carbocycles. The van der Waals surface area contributed by atoms with E-state index in [9.17, 15) is 5.11 Å². The van der Waals surface area contributed by atoms with Crippen LogP contribution in [0.1, 0.15) is 13.2 Å². The zero-order valence-electron chi connectivity index (χ0n) is 8.66. The molecule has 0 fully saturated rings. The summed E-state index contributed by atoms with van der Waals surface area (Å²) >= 11 is 0. The highest BCUT2D eigenvalue weighted by molar-refractivity contribution is 5.73. The molecule has 0 aliphatic carbocycles. The fourth-order valence-corrected chi connectivity index (χ4v) is 1.58. The van der Waals surface area contributed by atoms with Crippen LogP contribution in [0.25, 0.3) is 11.0 Å². The Morgan fingerprint density at radius 1 is 1.40 bits per heavy atom. The van der Waals surface area contributed by atoms with Gasteiger partial charge < -0.3 is 9.84 Å². The van der Waals surface area contributed by atoms with Gasteiger partial charge in [0.15, 0.2) is 6.23 Å². The van der Waals surface area contributed by atoms with E-state index in [2.05, 4.69) is 10.3 Å². The van der Waals surface area contributed by atoms with Crippen molar-refractivity contribution in [3.05, 3.63) is 24.3 Å². The Balaban J connectivity index is 2.51. The van der Waals surface area contributed by atoms with E-state index in [0.717, 1.165) is 11.0 Å². The van der Waals surface area contributed by atoms with Crippen molar-refractivity contribution in [3.8, 4) is 0 Å². The van der Waals surface area contributed by atoms with Gasteiger partial charge in [0.2, 0.25) is 0 Å². The van der Waals surface area contributed by atoms with Crippen LogP contribution in [-0.4, -0.2) is 33.3 Å². The van der Waals surface area contributed by atoms with Crippen molar-refractivity contribution in [2.75, 3.05) is 7.11 Å². The molecule has 0 spiro atoms. The SMILES string of the molecule is COC(C(C)O)n1nnc2ccccc21. The maximum Gasteiger partial charge on any atom is 0.177 e. The number of aliphatic hydroxyl groups excluding tert-OH is 1. The molecule has 80 valence electrons.